The van der Waals surface area contributed by atoms with E-state index in [0.29, 0.717) is 5.92 Å². The van der Waals surface area contributed by atoms with Crippen LogP contribution >= 0.6 is 0 Å². The Morgan fingerprint density at radius 3 is 2.68 bits per heavy atom. The molecular formula is C15H22N4. The minimum atomic E-state index is -0.0216. The van der Waals surface area contributed by atoms with Crippen molar-refractivity contribution in [2.24, 2.45) is 5.92 Å². The van der Waals surface area contributed by atoms with Crippen LogP contribution in [0.1, 0.15) is 40.3 Å². The quantitative estimate of drug-likeness (QED) is 0.914. The van der Waals surface area contributed by atoms with Crippen LogP contribution in [0.3, 0.4) is 0 Å². The third-order valence-corrected chi connectivity index (χ3v) is 2.56. The van der Waals surface area contributed by atoms with Gasteiger partial charge in [-0.25, -0.2) is 9.97 Å². The van der Waals surface area contributed by atoms with Crippen molar-refractivity contribution < 1.29 is 0 Å². The summed E-state index contributed by atoms with van der Waals surface area (Å²) in [4.78, 5) is 8.87. The highest BCUT2D eigenvalue weighted by atomic mass is 15.2. The highest BCUT2D eigenvalue weighted by molar-refractivity contribution is 5.65. The second kappa shape index (κ2) is 5.03. The summed E-state index contributed by atoms with van der Waals surface area (Å²) in [5.41, 5.74) is 0.911. The lowest BCUT2D eigenvalue weighted by molar-refractivity contribution is 0.629. The fourth-order valence-corrected chi connectivity index (χ4v) is 1.78. The van der Waals surface area contributed by atoms with Gasteiger partial charge >= 0.3 is 0 Å². The summed E-state index contributed by atoms with van der Waals surface area (Å²) in [5.74, 6) is 2.21. The Morgan fingerprint density at radius 1 is 1.32 bits per heavy atom. The van der Waals surface area contributed by atoms with Crippen molar-refractivity contribution in [2.75, 3.05) is 5.32 Å². The summed E-state index contributed by atoms with van der Waals surface area (Å²) in [6.45, 7) is 10.7. The van der Waals surface area contributed by atoms with Gasteiger partial charge < -0.3 is 5.32 Å². The zero-order valence-corrected chi connectivity index (χ0v) is 12.3. The maximum absolute atomic E-state index is 4.57. The highest BCUT2D eigenvalue weighted by Gasteiger charge is 2.16. The molecule has 0 fully saturated rings. The zero-order valence-electron chi connectivity index (χ0n) is 12.3. The highest BCUT2D eigenvalue weighted by Crippen LogP contribution is 2.22. The van der Waals surface area contributed by atoms with Crippen LogP contribution in [0.15, 0.2) is 24.5 Å². The predicted molar refractivity (Wildman–Crippen MR) is 80.2 cm³/mol. The van der Waals surface area contributed by atoms with Crippen LogP contribution in [0.2, 0.25) is 0 Å². The average molecular weight is 258 g/mol. The molecule has 0 aromatic carbocycles. The van der Waals surface area contributed by atoms with Gasteiger partial charge in [-0.15, -0.1) is 0 Å². The van der Waals surface area contributed by atoms with Crippen LogP contribution in [0.25, 0.3) is 11.9 Å². The first-order valence-electron chi connectivity index (χ1n) is 6.66. The summed E-state index contributed by atoms with van der Waals surface area (Å²) < 4.78 is 1.99. The lowest BCUT2D eigenvalue weighted by Crippen LogP contribution is -2.27. The topological polar surface area (TPSA) is 42.2 Å². The summed E-state index contributed by atoms with van der Waals surface area (Å²) in [6, 6.07) is 1.92. The number of allylic oxidation sites excluding steroid dienone is 1. The second-order valence-electron chi connectivity index (χ2n) is 6.11. The first-order chi connectivity index (χ1) is 8.87. The number of rotatable bonds is 3. The fourth-order valence-electron chi connectivity index (χ4n) is 1.78. The third kappa shape index (κ3) is 3.34. The summed E-state index contributed by atoms with van der Waals surface area (Å²) in [7, 11) is 0. The van der Waals surface area contributed by atoms with E-state index in [2.05, 4.69) is 62.1 Å². The average Bonchev–Trinajstić information content (AvgIpc) is 2.63. The van der Waals surface area contributed by atoms with E-state index in [0.717, 1.165) is 17.3 Å². The molecule has 0 bridgehead atoms. The van der Waals surface area contributed by atoms with Crippen molar-refractivity contribution in [3.05, 3.63) is 30.2 Å². The van der Waals surface area contributed by atoms with Crippen LogP contribution in [0, 0.1) is 5.92 Å². The molecule has 0 saturated carbocycles. The van der Waals surface area contributed by atoms with Gasteiger partial charge in [-0.1, -0.05) is 19.9 Å². The van der Waals surface area contributed by atoms with Gasteiger partial charge in [0, 0.05) is 17.9 Å². The third-order valence-electron chi connectivity index (χ3n) is 2.56. The first-order valence-corrected chi connectivity index (χ1v) is 6.66. The molecule has 0 atom stereocenters. The Morgan fingerprint density at radius 2 is 2.05 bits per heavy atom. The van der Waals surface area contributed by atoms with E-state index in [1.807, 2.05) is 16.7 Å². The SMILES string of the molecule is CC(C)/C=C/c1nc2ncccn2c1NC(C)(C)C. The van der Waals surface area contributed by atoms with E-state index in [-0.39, 0.29) is 5.54 Å². The Balaban J connectivity index is 2.52. The van der Waals surface area contributed by atoms with E-state index < -0.39 is 0 Å². The molecule has 0 saturated heterocycles. The lowest BCUT2D eigenvalue weighted by atomic mass is 10.1. The number of anilines is 1. The number of nitrogens with one attached hydrogen (secondary N) is 1. The van der Waals surface area contributed by atoms with Crippen molar-refractivity contribution >= 4 is 17.7 Å². The van der Waals surface area contributed by atoms with Crippen LogP contribution in [-0.2, 0) is 0 Å². The number of fused-ring (bicyclic) bond motifs is 1. The molecule has 2 aromatic heterocycles. The van der Waals surface area contributed by atoms with Crippen LogP contribution in [0.5, 0.6) is 0 Å². The zero-order chi connectivity index (χ0) is 14.0. The number of aromatic nitrogens is 3. The maximum atomic E-state index is 4.57. The molecule has 2 rings (SSSR count). The van der Waals surface area contributed by atoms with E-state index in [9.17, 15) is 0 Å². The van der Waals surface area contributed by atoms with E-state index in [1.165, 1.54) is 0 Å². The smallest absolute Gasteiger partial charge is 0.235 e. The minimum Gasteiger partial charge on any atom is -0.365 e. The summed E-state index contributed by atoms with van der Waals surface area (Å²) >= 11 is 0. The maximum Gasteiger partial charge on any atom is 0.235 e. The molecule has 4 nitrogen and oxygen atoms in total. The van der Waals surface area contributed by atoms with Gasteiger partial charge in [-0.3, -0.25) is 4.40 Å². The van der Waals surface area contributed by atoms with E-state index >= 15 is 0 Å². The Labute approximate surface area is 114 Å². The van der Waals surface area contributed by atoms with Gasteiger partial charge in [0.15, 0.2) is 0 Å². The van der Waals surface area contributed by atoms with Crippen molar-refractivity contribution in [1.29, 1.82) is 0 Å². The van der Waals surface area contributed by atoms with Crippen molar-refractivity contribution in [3.8, 4) is 0 Å². The molecule has 0 spiro atoms. The predicted octanol–water partition coefficient (Wildman–Crippen LogP) is 3.61. The largest absolute Gasteiger partial charge is 0.365 e. The molecule has 0 aliphatic heterocycles. The fraction of sp³-hybridized carbons (Fsp3) is 0.467. The van der Waals surface area contributed by atoms with Crippen LogP contribution < -0.4 is 5.32 Å². The normalized spacial score (nSPS) is 12.7. The molecular weight excluding hydrogens is 236 g/mol. The molecule has 2 heterocycles. The molecule has 1 N–H and O–H groups in total. The standard InChI is InChI=1S/C15H22N4/c1-11(2)7-8-12-13(18-15(3,4)5)19-10-6-9-16-14(19)17-12/h6-11,18H,1-5H3/b8-7+. The first kappa shape index (κ1) is 13.6. The van der Waals surface area contributed by atoms with Gasteiger partial charge in [0.1, 0.15) is 11.5 Å². The van der Waals surface area contributed by atoms with E-state index in [1.54, 1.807) is 6.20 Å². The minimum absolute atomic E-state index is 0.0216. The van der Waals surface area contributed by atoms with Gasteiger partial charge in [0.2, 0.25) is 5.78 Å². The van der Waals surface area contributed by atoms with Gasteiger partial charge in [0.05, 0.1) is 0 Å². The van der Waals surface area contributed by atoms with Gasteiger partial charge in [0.25, 0.3) is 0 Å². The summed E-state index contributed by atoms with van der Waals surface area (Å²) in [6.07, 6.45) is 7.96. The van der Waals surface area contributed by atoms with Crippen molar-refractivity contribution in [2.45, 2.75) is 40.2 Å². The van der Waals surface area contributed by atoms with Gasteiger partial charge in [-0.05, 0) is 38.8 Å². The molecule has 0 radical (unpaired) electrons. The number of hydrogen-bond donors (Lipinski definition) is 1. The van der Waals surface area contributed by atoms with Crippen LogP contribution in [-0.4, -0.2) is 19.9 Å². The Kier molecular flexibility index (Phi) is 3.60. The molecule has 0 aliphatic carbocycles. The second-order valence-corrected chi connectivity index (χ2v) is 6.11. The number of imidazole rings is 1. The number of nitrogens with zero attached hydrogens (tertiary/aromatic N) is 3. The van der Waals surface area contributed by atoms with Crippen LogP contribution in [0.4, 0.5) is 5.82 Å². The molecule has 0 unspecified atom stereocenters. The molecule has 2 aromatic rings. The Bertz CT molecular complexity index is 588. The summed E-state index contributed by atoms with van der Waals surface area (Å²) in [5, 5.41) is 3.51. The monoisotopic (exact) mass is 258 g/mol. The van der Waals surface area contributed by atoms with Gasteiger partial charge in [-0.2, -0.15) is 0 Å². The lowest BCUT2D eigenvalue weighted by Gasteiger charge is -2.22. The molecule has 4 heteroatoms. The molecule has 0 aliphatic rings. The molecule has 19 heavy (non-hydrogen) atoms. The number of hydrogen-bond acceptors (Lipinski definition) is 3. The van der Waals surface area contributed by atoms with Crippen molar-refractivity contribution in [1.82, 2.24) is 14.4 Å². The van der Waals surface area contributed by atoms with Crippen molar-refractivity contribution in [3.63, 3.8) is 0 Å². The molecule has 0 amide bonds. The molecule has 102 valence electrons. The Hall–Kier alpha value is -1.84. The van der Waals surface area contributed by atoms with E-state index in [4.69, 9.17) is 0 Å².